The number of nitrogens with zero attached hydrogens (tertiary/aromatic N) is 1. The maximum Gasteiger partial charge on any atom is 0.339 e. The Hall–Kier alpha value is -1.46. The Balaban J connectivity index is 1.83. The first-order valence-corrected chi connectivity index (χ1v) is 6.58. The summed E-state index contributed by atoms with van der Waals surface area (Å²) in [5, 5.41) is 0. The van der Waals surface area contributed by atoms with Crippen molar-refractivity contribution in [3.63, 3.8) is 0 Å². The van der Waals surface area contributed by atoms with Crippen LogP contribution in [0.5, 0.6) is 0 Å². The summed E-state index contributed by atoms with van der Waals surface area (Å²) in [4.78, 5) is 15.6. The lowest BCUT2D eigenvalue weighted by atomic mass is 10.1. The molecule has 1 unspecified atom stereocenters. The number of esters is 1. The SMILES string of the molecule is CCC1(CC)OCC(COC(=O)c2cccnc2)O1. The third-order valence-corrected chi connectivity index (χ3v) is 3.29. The molecule has 1 atom stereocenters. The van der Waals surface area contributed by atoms with E-state index in [-0.39, 0.29) is 18.7 Å². The molecule has 0 amide bonds. The molecule has 5 nitrogen and oxygen atoms in total. The molecule has 1 saturated heterocycles. The van der Waals surface area contributed by atoms with Crippen molar-refractivity contribution >= 4 is 5.97 Å². The molecule has 19 heavy (non-hydrogen) atoms. The van der Waals surface area contributed by atoms with Crippen LogP contribution in [-0.4, -0.2) is 36.1 Å². The van der Waals surface area contributed by atoms with Gasteiger partial charge in [0.15, 0.2) is 5.79 Å². The molecule has 2 rings (SSSR count). The lowest BCUT2D eigenvalue weighted by Gasteiger charge is -2.24. The van der Waals surface area contributed by atoms with Crippen LogP contribution in [0.2, 0.25) is 0 Å². The molecule has 0 bridgehead atoms. The second kappa shape index (κ2) is 6.12. The van der Waals surface area contributed by atoms with Crippen molar-refractivity contribution in [2.75, 3.05) is 13.2 Å². The van der Waals surface area contributed by atoms with E-state index in [1.165, 1.54) is 6.20 Å². The van der Waals surface area contributed by atoms with Crippen LogP contribution in [0.3, 0.4) is 0 Å². The summed E-state index contributed by atoms with van der Waals surface area (Å²) in [6.45, 7) is 4.71. The summed E-state index contributed by atoms with van der Waals surface area (Å²) < 4.78 is 16.7. The first-order chi connectivity index (χ1) is 9.19. The Morgan fingerprint density at radius 3 is 2.89 bits per heavy atom. The van der Waals surface area contributed by atoms with Crippen molar-refractivity contribution < 1.29 is 19.0 Å². The minimum atomic E-state index is -0.509. The van der Waals surface area contributed by atoms with Crippen molar-refractivity contribution in [2.24, 2.45) is 0 Å². The first-order valence-electron chi connectivity index (χ1n) is 6.58. The molecule has 1 aromatic heterocycles. The van der Waals surface area contributed by atoms with Gasteiger partial charge < -0.3 is 14.2 Å². The van der Waals surface area contributed by atoms with Gasteiger partial charge in [-0.1, -0.05) is 13.8 Å². The monoisotopic (exact) mass is 265 g/mol. The summed E-state index contributed by atoms with van der Waals surface area (Å²) in [6.07, 6.45) is 4.48. The standard InChI is InChI=1S/C14H19NO4/c1-3-14(4-2)18-10-12(19-14)9-17-13(16)11-6-5-7-15-8-11/h5-8,12H,3-4,9-10H2,1-2H3. The molecule has 104 valence electrons. The Morgan fingerprint density at radius 1 is 1.53 bits per heavy atom. The summed E-state index contributed by atoms with van der Waals surface area (Å²) in [5.41, 5.74) is 0.443. The molecule has 1 aliphatic rings. The molecule has 0 aliphatic carbocycles. The van der Waals surface area contributed by atoms with Gasteiger partial charge in [0.1, 0.15) is 12.7 Å². The number of pyridine rings is 1. The van der Waals surface area contributed by atoms with E-state index in [0.29, 0.717) is 12.2 Å². The Morgan fingerprint density at radius 2 is 2.32 bits per heavy atom. The van der Waals surface area contributed by atoms with Crippen LogP contribution in [0.4, 0.5) is 0 Å². The van der Waals surface area contributed by atoms with Crippen LogP contribution >= 0.6 is 0 Å². The topological polar surface area (TPSA) is 57.7 Å². The maximum atomic E-state index is 11.7. The van der Waals surface area contributed by atoms with E-state index < -0.39 is 5.79 Å². The van der Waals surface area contributed by atoms with Crippen molar-refractivity contribution in [3.05, 3.63) is 30.1 Å². The van der Waals surface area contributed by atoms with Gasteiger partial charge >= 0.3 is 5.97 Å². The predicted octanol–water partition coefficient (Wildman–Crippen LogP) is 2.17. The van der Waals surface area contributed by atoms with Crippen LogP contribution in [0, 0.1) is 0 Å². The van der Waals surface area contributed by atoms with Gasteiger partial charge in [0, 0.05) is 12.4 Å². The lowest BCUT2D eigenvalue weighted by Crippen LogP contribution is -2.30. The third kappa shape index (κ3) is 3.30. The van der Waals surface area contributed by atoms with E-state index in [0.717, 1.165) is 12.8 Å². The molecule has 0 radical (unpaired) electrons. The van der Waals surface area contributed by atoms with Crippen LogP contribution in [0.15, 0.2) is 24.5 Å². The highest BCUT2D eigenvalue weighted by Gasteiger charge is 2.38. The number of hydrogen-bond acceptors (Lipinski definition) is 5. The van der Waals surface area contributed by atoms with Crippen molar-refractivity contribution in [2.45, 2.75) is 38.6 Å². The predicted molar refractivity (Wildman–Crippen MR) is 68.7 cm³/mol. The fourth-order valence-electron chi connectivity index (χ4n) is 2.05. The summed E-state index contributed by atoms with van der Waals surface area (Å²) in [7, 11) is 0. The van der Waals surface area contributed by atoms with E-state index in [1.54, 1.807) is 18.3 Å². The van der Waals surface area contributed by atoms with Gasteiger partial charge in [-0.25, -0.2) is 4.79 Å². The van der Waals surface area contributed by atoms with Gasteiger partial charge in [-0.2, -0.15) is 0 Å². The maximum absolute atomic E-state index is 11.7. The second-order valence-corrected chi connectivity index (χ2v) is 4.51. The molecule has 0 spiro atoms. The highest BCUT2D eigenvalue weighted by atomic mass is 16.8. The van der Waals surface area contributed by atoms with Crippen LogP contribution in [0.25, 0.3) is 0 Å². The number of ether oxygens (including phenoxy) is 3. The van der Waals surface area contributed by atoms with E-state index in [1.807, 2.05) is 13.8 Å². The smallest absolute Gasteiger partial charge is 0.339 e. The number of carbonyl (C=O) groups is 1. The van der Waals surface area contributed by atoms with Gasteiger partial charge in [-0.3, -0.25) is 4.98 Å². The Kier molecular flexibility index (Phi) is 4.50. The zero-order valence-electron chi connectivity index (χ0n) is 11.3. The quantitative estimate of drug-likeness (QED) is 0.764. The molecule has 2 heterocycles. The lowest BCUT2D eigenvalue weighted by molar-refractivity contribution is -0.175. The first kappa shape index (κ1) is 14.0. The molecule has 0 aromatic carbocycles. The Labute approximate surface area is 112 Å². The van der Waals surface area contributed by atoms with E-state index in [9.17, 15) is 4.79 Å². The highest BCUT2D eigenvalue weighted by Crippen LogP contribution is 2.30. The third-order valence-electron chi connectivity index (χ3n) is 3.29. The summed E-state index contributed by atoms with van der Waals surface area (Å²) in [6, 6.07) is 3.37. The summed E-state index contributed by atoms with van der Waals surface area (Å²) >= 11 is 0. The highest BCUT2D eigenvalue weighted by molar-refractivity contribution is 5.88. The molecule has 0 saturated carbocycles. The molecular formula is C14H19NO4. The van der Waals surface area contributed by atoms with Crippen molar-refractivity contribution in [1.82, 2.24) is 4.98 Å². The van der Waals surface area contributed by atoms with Crippen LogP contribution in [0.1, 0.15) is 37.0 Å². The van der Waals surface area contributed by atoms with E-state index in [2.05, 4.69) is 4.98 Å². The largest absolute Gasteiger partial charge is 0.459 e. The fourth-order valence-corrected chi connectivity index (χ4v) is 2.05. The molecule has 1 aromatic rings. The van der Waals surface area contributed by atoms with E-state index in [4.69, 9.17) is 14.2 Å². The molecule has 0 N–H and O–H groups in total. The average molecular weight is 265 g/mol. The number of hydrogen-bond donors (Lipinski definition) is 0. The van der Waals surface area contributed by atoms with E-state index >= 15 is 0 Å². The van der Waals surface area contributed by atoms with Gasteiger partial charge in [-0.15, -0.1) is 0 Å². The minimum absolute atomic E-state index is 0.194. The number of carbonyl (C=O) groups excluding carboxylic acids is 1. The minimum Gasteiger partial charge on any atom is -0.459 e. The molecule has 1 fully saturated rings. The molecular weight excluding hydrogens is 246 g/mol. The number of aromatic nitrogens is 1. The normalized spacial score (nSPS) is 21.3. The molecule has 5 heteroatoms. The fraction of sp³-hybridized carbons (Fsp3) is 0.571. The average Bonchev–Trinajstić information content (AvgIpc) is 2.90. The zero-order valence-corrected chi connectivity index (χ0v) is 11.3. The second-order valence-electron chi connectivity index (χ2n) is 4.51. The van der Waals surface area contributed by atoms with Crippen molar-refractivity contribution in [1.29, 1.82) is 0 Å². The van der Waals surface area contributed by atoms with Crippen LogP contribution in [-0.2, 0) is 14.2 Å². The van der Waals surface area contributed by atoms with Gasteiger partial charge in [0.05, 0.1) is 12.2 Å². The van der Waals surface area contributed by atoms with Gasteiger partial charge in [-0.05, 0) is 25.0 Å². The number of rotatable bonds is 5. The Bertz CT molecular complexity index is 417. The van der Waals surface area contributed by atoms with Crippen molar-refractivity contribution in [3.8, 4) is 0 Å². The summed E-state index contributed by atoms with van der Waals surface area (Å²) in [5.74, 6) is -0.895. The van der Waals surface area contributed by atoms with Crippen LogP contribution < -0.4 is 0 Å². The van der Waals surface area contributed by atoms with Gasteiger partial charge in [0.25, 0.3) is 0 Å². The van der Waals surface area contributed by atoms with Gasteiger partial charge in [0.2, 0.25) is 0 Å². The zero-order chi connectivity index (χ0) is 13.7. The molecule has 1 aliphatic heterocycles.